The van der Waals surface area contributed by atoms with Crippen molar-refractivity contribution in [3.63, 3.8) is 0 Å². The van der Waals surface area contributed by atoms with Crippen molar-refractivity contribution < 1.29 is 14.7 Å². The summed E-state index contributed by atoms with van der Waals surface area (Å²) in [6.07, 6.45) is 7.37. The van der Waals surface area contributed by atoms with E-state index >= 15 is 0 Å². The highest BCUT2D eigenvalue weighted by Gasteiger charge is 2.60. The average Bonchev–Trinajstić information content (AvgIpc) is 2.31. The van der Waals surface area contributed by atoms with E-state index in [-0.39, 0.29) is 17.5 Å². The van der Waals surface area contributed by atoms with Crippen LogP contribution in [-0.4, -0.2) is 28.7 Å². The Morgan fingerprint density at radius 1 is 1.08 bits per heavy atom. The van der Waals surface area contributed by atoms with Gasteiger partial charge in [0.15, 0.2) is 0 Å². The summed E-state index contributed by atoms with van der Waals surface area (Å²) in [7, 11) is 0. The average molecular weight is 336 g/mol. The molecule has 0 heterocycles. The second-order valence-corrected chi connectivity index (χ2v) is 10.0. The van der Waals surface area contributed by atoms with Gasteiger partial charge in [0.1, 0.15) is 6.04 Å². The predicted molar refractivity (Wildman–Crippen MR) is 92.7 cm³/mol. The van der Waals surface area contributed by atoms with Crippen molar-refractivity contribution in [1.29, 1.82) is 0 Å². The summed E-state index contributed by atoms with van der Waals surface area (Å²) in [4.78, 5) is 23.9. The van der Waals surface area contributed by atoms with Crippen LogP contribution < -0.4 is 10.6 Å². The molecule has 2 amide bonds. The van der Waals surface area contributed by atoms with E-state index in [4.69, 9.17) is 0 Å². The van der Waals surface area contributed by atoms with Gasteiger partial charge in [-0.2, -0.15) is 0 Å². The van der Waals surface area contributed by atoms with Crippen molar-refractivity contribution in [3.8, 4) is 0 Å². The molecular formula is C19H32N2O3. The zero-order valence-corrected chi connectivity index (χ0v) is 15.4. The van der Waals surface area contributed by atoms with Crippen LogP contribution in [0.1, 0.15) is 72.6 Å². The molecular weight excluding hydrogens is 304 g/mol. The number of aliphatic carboxylic acids is 1. The van der Waals surface area contributed by atoms with Gasteiger partial charge in [-0.25, -0.2) is 9.59 Å². The van der Waals surface area contributed by atoms with Gasteiger partial charge in [0.05, 0.1) is 0 Å². The number of hydrogen-bond donors (Lipinski definition) is 3. The quantitative estimate of drug-likeness (QED) is 0.718. The summed E-state index contributed by atoms with van der Waals surface area (Å²) in [5.41, 5.74) is 0.505. The zero-order valence-electron chi connectivity index (χ0n) is 15.4. The molecule has 0 aromatic rings. The van der Waals surface area contributed by atoms with Crippen LogP contribution in [-0.2, 0) is 4.79 Å². The van der Waals surface area contributed by atoms with Crippen molar-refractivity contribution in [1.82, 2.24) is 10.6 Å². The van der Waals surface area contributed by atoms with Crippen LogP contribution >= 0.6 is 0 Å². The minimum atomic E-state index is -0.955. The molecule has 5 nitrogen and oxygen atoms in total. The third-order valence-electron chi connectivity index (χ3n) is 6.32. The number of rotatable bonds is 5. The normalized spacial score (nSPS) is 41.3. The Morgan fingerprint density at radius 3 is 2.12 bits per heavy atom. The van der Waals surface area contributed by atoms with Gasteiger partial charge in [0, 0.05) is 5.54 Å². The molecule has 4 fully saturated rings. The number of hydrogen-bond acceptors (Lipinski definition) is 2. The molecule has 0 aromatic carbocycles. The first kappa shape index (κ1) is 17.6. The first-order valence-corrected chi connectivity index (χ1v) is 9.34. The summed E-state index contributed by atoms with van der Waals surface area (Å²) in [6, 6.07) is -1.12. The predicted octanol–water partition coefficient (Wildman–Crippen LogP) is 3.53. The van der Waals surface area contributed by atoms with Crippen LogP contribution in [0.3, 0.4) is 0 Å². The lowest BCUT2D eigenvalue weighted by Gasteiger charge is -2.65. The summed E-state index contributed by atoms with van der Waals surface area (Å²) in [5.74, 6) is -0.0328. The van der Waals surface area contributed by atoms with E-state index in [2.05, 4.69) is 24.5 Å². The van der Waals surface area contributed by atoms with Crippen LogP contribution in [0.2, 0.25) is 0 Å². The molecule has 4 bridgehead atoms. The van der Waals surface area contributed by atoms with E-state index < -0.39 is 12.0 Å². The Kier molecular flexibility index (Phi) is 4.12. The maximum atomic E-state index is 12.5. The van der Waals surface area contributed by atoms with Crippen molar-refractivity contribution in [2.45, 2.75) is 84.2 Å². The number of amides is 2. The minimum absolute atomic E-state index is 0.145. The first-order chi connectivity index (χ1) is 11.0. The maximum absolute atomic E-state index is 12.5. The summed E-state index contributed by atoms with van der Waals surface area (Å²) < 4.78 is 0. The number of nitrogens with one attached hydrogen (secondary N) is 2. The van der Waals surface area contributed by atoms with Crippen molar-refractivity contribution in [2.75, 3.05) is 0 Å². The van der Waals surface area contributed by atoms with Crippen molar-refractivity contribution in [2.24, 2.45) is 22.7 Å². The number of carboxylic acid groups (broad SMARTS) is 1. The molecule has 0 spiro atoms. The molecule has 3 atom stereocenters. The monoisotopic (exact) mass is 336 g/mol. The number of urea groups is 1. The SMILES string of the molecule is CC(C)CC(NC(=O)NC12CC3CC(C)(CC(C)(C3)C1)C2)C(=O)O. The van der Waals surface area contributed by atoms with E-state index in [1.165, 1.54) is 19.3 Å². The summed E-state index contributed by atoms with van der Waals surface area (Å²) in [5, 5.41) is 15.3. The molecule has 5 heteroatoms. The Balaban J connectivity index is 1.69. The molecule has 4 saturated carbocycles. The molecule has 4 rings (SSSR count). The highest BCUT2D eigenvalue weighted by molar-refractivity contribution is 5.83. The molecule has 0 saturated heterocycles. The lowest BCUT2D eigenvalue weighted by atomic mass is 9.43. The van der Waals surface area contributed by atoms with E-state index in [9.17, 15) is 14.7 Å². The minimum Gasteiger partial charge on any atom is -0.480 e. The van der Waals surface area contributed by atoms with Crippen LogP contribution in [0.4, 0.5) is 4.79 Å². The molecule has 0 radical (unpaired) electrons. The Bertz CT molecular complexity index is 527. The van der Waals surface area contributed by atoms with E-state index in [1.54, 1.807) is 0 Å². The summed E-state index contributed by atoms with van der Waals surface area (Å²) >= 11 is 0. The van der Waals surface area contributed by atoms with Crippen LogP contribution in [0.25, 0.3) is 0 Å². The van der Waals surface area contributed by atoms with E-state index in [0.717, 1.165) is 19.3 Å². The van der Waals surface area contributed by atoms with Gasteiger partial charge in [-0.05, 0) is 67.6 Å². The lowest BCUT2D eigenvalue weighted by molar-refractivity contribution is -0.139. The lowest BCUT2D eigenvalue weighted by Crippen LogP contribution is -2.66. The van der Waals surface area contributed by atoms with Crippen LogP contribution in [0.5, 0.6) is 0 Å². The molecule has 4 aliphatic carbocycles. The second-order valence-electron chi connectivity index (χ2n) is 10.0. The van der Waals surface area contributed by atoms with Gasteiger partial charge in [-0.1, -0.05) is 27.7 Å². The van der Waals surface area contributed by atoms with Gasteiger partial charge in [0.2, 0.25) is 0 Å². The molecule has 3 N–H and O–H groups in total. The molecule has 136 valence electrons. The fraction of sp³-hybridized carbons (Fsp3) is 0.895. The number of carboxylic acids is 1. The highest BCUT2D eigenvalue weighted by Crippen LogP contribution is 2.66. The number of carbonyl (C=O) groups is 2. The molecule has 0 aromatic heterocycles. The largest absolute Gasteiger partial charge is 0.480 e. The Morgan fingerprint density at radius 2 is 1.67 bits per heavy atom. The van der Waals surface area contributed by atoms with E-state index in [1.807, 2.05) is 13.8 Å². The Hall–Kier alpha value is -1.26. The second kappa shape index (κ2) is 5.63. The van der Waals surface area contributed by atoms with Crippen LogP contribution in [0.15, 0.2) is 0 Å². The molecule has 0 aliphatic heterocycles. The zero-order chi connectivity index (χ0) is 17.8. The highest BCUT2D eigenvalue weighted by atomic mass is 16.4. The third kappa shape index (κ3) is 3.40. The maximum Gasteiger partial charge on any atom is 0.326 e. The smallest absolute Gasteiger partial charge is 0.326 e. The van der Waals surface area contributed by atoms with Crippen LogP contribution in [0, 0.1) is 22.7 Å². The molecule has 24 heavy (non-hydrogen) atoms. The molecule has 3 unspecified atom stereocenters. The first-order valence-electron chi connectivity index (χ1n) is 9.34. The standard InChI is InChI=1S/C19H32N2O3/c1-12(2)5-14(15(22)23)20-16(24)21-19-8-13-6-17(3,10-19)9-18(4,7-13)11-19/h12-14H,5-11H2,1-4H3,(H,22,23)(H2,20,21,24). The van der Waals surface area contributed by atoms with Crippen molar-refractivity contribution in [3.05, 3.63) is 0 Å². The van der Waals surface area contributed by atoms with E-state index in [0.29, 0.717) is 23.2 Å². The fourth-order valence-electron chi connectivity index (χ4n) is 6.72. The van der Waals surface area contributed by atoms with Gasteiger partial charge in [-0.3, -0.25) is 0 Å². The topological polar surface area (TPSA) is 78.4 Å². The fourth-order valence-corrected chi connectivity index (χ4v) is 6.72. The Labute approximate surface area is 145 Å². The van der Waals surface area contributed by atoms with Gasteiger partial charge < -0.3 is 15.7 Å². The van der Waals surface area contributed by atoms with Crippen molar-refractivity contribution >= 4 is 12.0 Å². The summed E-state index contributed by atoms with van der Waals surface area (Å²) in [6.45, 7) is 8.67. The molecule has 4 aliphatic rings. The van der Waals surface area contributed by atoms with Gasteiger partial charge in [0.25, 0.3) is 0 Å². The van der Waals surface area contributed by atoms with Gasteiger partial charge in [-0.15, -0.1) is 0 Å². The third-order valence-corrected chi connectivity index (χ3v) is 6.32. The van der Waals surface area contributed by atoms with Gasteiger partial charge >= 0.3 is 12.0 Å². The number of carbonyl (C=O) groups excluding carboxylic acids is 1.